The SMILES string of the molecule is C=CCn1c(SCC(=O)c2c(N)n(Cc3ccccc3)c(=O)n(C)c2=O)nnc1-c1ccoc1C. The van der Waals surface area contributed by atoms with Gasteiger partial charge in [-0.2, -0.15) is 0 Å². The van der Waals surface area contributed by atoms with Gasteiger partial charge < -0.3 is 10.2 Å². The molecule has 3 heterocycles. The van der Waals surface area contributed by atoms with Gasteiger partial charge in [-0.25, -0.2) is 4.79 Å². The molecule has 0 saturated carbocycles. The van der Waals surface area contributed by atoms with Crippen LogP contribution >= 0.6 is 11.8 Å². The Morgan fingerprint density at radius 2 is 1.91 bits per heavy atom. The maximum atomic E-state index is 13.2. The number of thioether (sulfide) groups is 1. The first-order chi connectivity index (χ1) is 16.8. The van der Waals surface area contributed by atoms with Crippen LogP contribution in [0.1, 0.15) is 21.7 Å². The van der Waals surface area contributed by atoms with Gasteiger partial charge >= 0.3 is 5.69 Å². The zero-order valence-corrected chi connectivity index (χ0v) is 20.1. The Bertz CT molecular complexity index is 1510. The van der Waals surface area contributed by atoms with E-state index in [0.717, 1.165) is 27.5 Å². The summed E-state index contributed by atoms with van der Waals surface area (Å²) in [7, 11) is 1.33. The number of hydrogen-bond donors (Lipinski definition) is 1. The number of hydrogen-bond acceptors (Lipinski definition) is 8. The molecule has 35 heavy (non-hydrogen) atoms. The Morgan fingerprint density at radius 3 is 2.57 bits per heavy atom. The van der Waals surface area contributed by atoms with Crippen LogP contribution in [-0.2, 0) is 20.1 Å². The first kappa shape index (κ1) is 24.0. The van der Waals surface area contributed by atoms with Crippen molar-refractivity contribution in [3.63, 3.8) is 0 Å². The van der Waals surface area contributed by atoms with Gasteiger partial charge in [-0.05, 0) is 18.6 Å². The lowest BCUT2D eigenvalue weighted by molar-refractivity contribution is 0.102. The van der Waals surface area contributed by atoms with E-state index in [2.05, 4.69) is 16.8 Å². The zero-order valence-electron chi connectivity index (χ0n) is 19.3. The maximum Gasteiger partial charge on any atom is 0.332 e. The van der Waals surface area contributed by atoms with E-state index in [9.17, 15) is 14.4 Å². The monoisotopic (exact) mass is 492 g/mol. The Labute approximate surface area is 204 Å². The fourth-order valence-electron chi connectivity index (χ4n) is 3.67. The molecule has 10 nitrogen and oxygen atoms in total. The largest absolute Gasteiger partial charge is 0.469 e. The number of Topliss-reactive ketones (excluding diaryl/α,β-unsaturated/α-hetero) is 1. The maximum absolute atomic E-state index is 13.2. The standard InChI is InChI=1S/C24H24N6O4S/c1-4-11-29-21(17-10-12-34-15(17)2)26-27-23(29)35-14-18(31)19-20(25)30(24(33)28(3)22(19)32)13-16-8-6-5-7-9-16/h4-10,12H,1,11,13-14,25H2,2-3H3. The molecule has 0 aliphatic rings. The van der Waals surface area contributed by atoms with Gasteiger partial charge in [0.25, 0.3) is 5.56 Å². The normalized spacial score (nSPS) is 11.0. The number of nitrogens with two attached hydrogens (primary N) is 1. The molecule has 0 atom stereocenters. The Balaban J connectivity index is 1.64. The second kappa shape index (κ2) is 10.0. The molecule has 0 aliphatic heterocycles. The number of furan rings is 1. The van der Waals surface area contributed by atoms with Gasteiger partial charge in [-0.15, -0.1) is 16.8 Å². The number of aromatic nitrogens is 5. The van der Waals surface area contributed by atoms with Crippen molar-refractivity contribution >= 4 is 23.4 Å². The van der Waals surface area contributed by atoms with Crippen LogP contribution in [0.3, 0.4) is 0 Å². The molecule has 0 saturated heterocycles. The minimum atomic E-state index is -0.732. The summed E-state index contributed by atoms with van der Waals surface area (Å²) in [6.45, 7) is 6.15. The van der Waals surface area contributed by atoms with Gasteiger partial charge in [0.05, 0.1) is 24.1 Å². The number of anilines is 1. The molecule has 1 aromatic carbocycles. The van der Waals surface area contributed by atoms with E-state index >= 15 is 0 Å². The summed E-state index contributed by atoms with van der Waals surface area (Å²) in [5.41, 5.74) is 6.24. The fraction of sp³-hybridized carbons (Fsp3) is 0.208. The summed E-state index contributed by atoms with van der Waals surface area (Å²) in [4.78, 5) is 38.7. The van der Waals surface area contributed by atoms with Crippen molar-refractivity contribution in [3.05, 3.63) is 93.0 Å². The number of aryl methyl sites for hydroxylation is 1. The molecule has 0 amide bonds. The molecule has 11 heteroatoms. The number of carbonyl (C=O) groups is 1. The highest BCUT2D eigenvalue weighted by Gasteiger charge is 2.23. The fourth-order valence-corrected chi connectivity index (χ4v) is 4.49. The van der Waals surface area contributed by atoms with Crippen molar-refractivity contribution in [3.8, 4) is 11.4 Å². The van der Waals surface area contributed by atoms with Crippen molar-refractivity contribution in [1.82, 2.24) is 23.9 Å². The molecular weight excluding hydrogens is 468 g/mol. The van der Waals surface area contributed by atoms with Gasteiger partial charge in [0.2, 0.25) is 0 Å². The summed E-state index contributed by atoms with van der Waals surface area (Å²) >= 11 is 1.12. The predicted molar refractivity (Wildman–Crippen MR) is 134 cm³/mol. The summed E-state index contributed by atoms with van der Waals surface area (Å²) in [6, 6.07) is 11.0. The molecule has 0 bridgehead atoms. The van der Waals surface area contributed by atoms with Gasteiger partial charge in [-0.3, -0.25) is 23.3 Å². The number of rotatable bonds is 9. The van der Waals surface area contributed by atoms with Crippen LogP contribution in [0.25, 0.3) is 11.4 Å². The number of nitrogens with zero attached hydrogens (tertiary/aromatic N) is 5. The van der Waals surface area contributed by atoms with Crippen LogP contribution in [-0.4, -0.2) is 35.4 Å². The van der Waals surface area contributed by atoms with E-state index in [0.29, 0.717) is 23.3 Å². The Kier molecular flexibility index (Phi) is 6.87. The molecule has 4 aromatic rings. The third-order valence-corrected chi connectivity index (χ3v) is 6.47. The second-order valence-corrected chi connectivity index (χ2v) is 8.73. The molecule has 0 spiro atoms. The van der Waals surface area contributed by atoms with Crippen LogP contribution in [0, 0.1) is 6.92 Å². The molecule has 0 unspecified atom stereocenters. The van der Waals surface area contributed by atoms with Crippen molar-refractivity contribution in [1.29, 1.82) is 0 Å². The van der Waals surface area contributed by atoms with Gasteiger partial charge in [0.15, 0.2) is 16.8 Å². The summed E-state index contributed by atoms with van der Waals surface area (Å²) < 4.78 is 9.31. The van der Waals surface area contributed by atoms with Crippen molar-refractivity contribution in [2.24, 2.45) is 7.05 Å². The summed E-state index contributed by atoms with van der Waals surface area (Å²) in [6.07, 6.45) is 3.26. The van der Waals surface area contributed by atoms with Crippen LogP contribution < -0.4 is 17.0 Å². The minimum Gasteiger partial charge on any atom is -0.469 e. The van der Waals surface area contributed by atoms with E-state index in [4.69, 9.17) is 10.2 Å². The molecule has 180 valence electrons. The van der Waals surface area contributed by atoms with E-state index < -0.39 is 17.0 Å². The highest BCUT2D eigenvalue weighted by molar-refractivity contribution is 7.99. The summed E-state index contributed by atoms with van der Waals surface area (Å²) in [5.74, 6) is 0.479. The average molecular weight is 493 g/mol. The first-order valence-corrected chi connectivity index (χ1v) is 11.7. The molecule has 3 aromatic heterocycles. The van der Waals surface area contributed by atoms with Gasteiger partial charge in [0.1, 0.15) is 17.1 Å². The van der Waals surface area contributed by atoms with Crippen LogP contribution in [0.4, 0.5) is 5.82 Å². The zero-order chi connectivity index (χ0) is 25.1. The quantitative estimate of drug-likeness (QED) is 0.214. The third-order valence-electron chi connectivity index (χ3n) is 5.51. The lowest BCUT2D eigenvalue weighted by Gasteiger charge is -2.14. The molecule has 0 aliphatic carbocycles. The van der Waals surface area contributed by atoms with Crippen molar-refractivity contribution in [2.45, 2.75) is 25.2 Å². The minimum absolute atomic E-state index is 0.122. The molecular formula is C24H24N6O4S. The molecule has 2 N–H and O–H groups in total. The van der Waals surface area contributed by atoms with Crippen LogP contribution in [0.2, 0.25) is 0 Å². The van der Waals surface area contributed by atoms with E-state index in [1.54, 1.807) is 23.0 Å². The van der Waals surface area contributed by atoms with Gasteiger partial charge in [-0.1, -0.05) is 48.2 Å². The number of benzene rings is 1. The lowest BCUT2D eigenvalue weighted by atomic mass is 10.2. The smallest absolute Gasteiger partial charge is 0.332 e. The summed E-state index contributed by atoms with van der Waals surface area (Å²) in [5, 5.41) is 8.93. The average Bonchev–Trinajstić information content (AvgIpc) is 3.45. The van der Waals surface area contributed by atoms with E-state index in [1.165, 1.54) is 11.6 Å². The second-order valence-electron chi connectivity index (χ2n) is 7.79. The number of carbonyl (C=O) groups excluding carboxylic acids is 1. The predicted octanol–water partition coefficient (Wildman–Crippen LogP) is 2.50. The number of allylic oxidation sites excluding steroid dienone is 1. The molecule has 0 radical (unpaired) electrons. The molecule has 4 rings (SSSR count). The molecule has 0 fully saturated rings. The first-order valence-electron chi connectivity index (χ1n) is 10.7. The lowest BCUT2D eigenvalue weighted by Crippen LogP contribution is -2.43. The highest BCUT2D eigenvalue weighted by atomic mass is 32.2. The van der Waals surface area contributed by atoms with Crippen LogP contribution in [0.5, 0.6) is 0 Å². The van der Waals surface area contributed by atoms with E-state index in [1.807, 2.05) is 37.3 Å². The third kappa shape index (κ3) is 4.62. The highest BCUT2D eigenvalue weighted by Crippen LogP contribution is 2.27. The van der Waals surface area contributed by atoms with Crippen molar-refractivity contribution in [2.75, 3.05) is 11.5 Å². The van der Waals surface area contributed by atoms with Crippen LogP contribution in [0.15, 0.2) is 74.5 Å². The topological polar surface area (TPSA) is 131 Å². The van der Waals surface area contributed by atoms with Crippen molar-refractivity contribution < 1.29 is 9.21 Å². The number of ketones is 1. The van der Waals surface area contributed by atoms with E-state index in [-0.39, 0.29) is 23.7 Å². The van der Waals surface area contributed by atoms with Gasteiger partial charge in [0, 0.05) is 13.6 Å². The Hall–Kier alpha value is -4.12. The Morgan fingerprint density at radius 1 is 1.17 bits per heavy atom. The number of nitrogen functional groups attached to an aromatic ring is 1.